The predicted molar refractivity (Wildman–Crippen MR) is 100 cm³/mol. The predicted octanol–water partition coefficient (Wildman–Crippen LogP) is 5.74. The van der Waals surface area contributed by atoms with E-state index in [1.54, 1.807) is 18.2 Å². The Morgan fingerprint density at radius 2 is 1.85 bits per heavy atom. The SMILES string of the molecule is C=CCCOc1ccc2cc(CCCCCCCCF)oc(=O)c2c1F. The first kappa shape index (κ1) is 20.1. The first-order chi connectivity index (χ1) is 12.7. The number of rotatable bonds is 12. The van der Waals surface area contributed by atoms with E-state index in [1.807, 2.05) is 0 Å². The summed E-state index contributed by atoms with van der Waals surface area (Å²) in [5.74, 6) is -0.0709. The molecule has 1 heterocycles. The van der Waals surface area contributed by atoms with Gasteiger partial charge in [-0.15, -0.1) is 6.58 Å². The highest BCUT2D eigenvalue weighted by Gasteiger charge is 2.14. The molecule has 0 saturated heterocycles. The topological polar surface area (TPSA) is 39.4 Å². The van der Waals surface area contributed by atoms with Crippen LogP contribution in [0.5, 0.6) is 5.75 Å². The highest BCUT2D eigenvalue weighted by atomic mass is 19.1. The molecule has 0 N–H and O–H groups in total. The number of halogens is 2. The number of alkyl halides is 1. The Hall–Kier alpha value is -2.17. The summed E-state index contributed by atoms with van der Waals surface area (Å²) in [7, 11) is 0. The van der Waals surface area contributed by atoms with Crippen LogP contribution in [0.15, 0.2) is 40.1 Å². The van der Waals surface area contributed by atoms with Crippen LogP contribution >= 0.6 is 0 Å². The van der Waals surface area contributed by atoms with Crippen LogP contribution in [0.4, 0.5) is 8.78 Å². The third-order valence-corrected chi connectivity index (χ3v) is 4.27. The Morgan fingerprint density at radius 3 is 2.58 bits per heavy atom. The van der Waals surface area contributed by atoms with Crippen molar-refractivity contribution in [2.24, 2.45) is 0 Å². The first-order valence-corrected chi connectivity index (χ1v) is 9.22. The average molecular weight is 364 g/mol. The third-order valence-electron chi connectivity index (χ3n) is 4.27. The molecule has 0 aliphatic carbocycles. The zero-order chi connectivity index (χ0) is 18.8. The monoisotopic (exact) mass is 364 g/mol. The van der Waals surface area contributed by atoms with Crippen molar-refractivity contribution in [3.63, 3.8) is 0 Å². The van der Waals surface area contributed by atoms with Crippen molar-refractivity contribution in [2.75, 3.05) is 13.3 Å². The summed E-state index contributed by atoms with van der Waals surface area (Å²) in [6.45, 7) is 3.64. The number of hydrogen-bond acceptors (Lipinski definition) is 3. The second-order valence-corrected chi connectivity index (χ2v) is 6.33. The van der Waals surface area contributed by atoms with Crippen LogP contribution in [0.3, 0.4) is 0 Å². The standard InChI is InChI=1S/C21H26F2O3/c1-2-3-14-25-18-12-11-16-15-17(26-21(24)19(16)20(18)23)10-8-6-4-5-7-9-13-22/h2,11-12,15H,1,3-10,13-14H2. The summed E-state index contributed by atoms with van der Waals surface area (Å²) in [4.78, 5) is 12.2. The maximum atomic E-state index is 14.5. The van der Waals surface area contributed by atoms with Gasteiger partial charge in [-0.2, -0.15) is 0 Å². The zero-order valence-corrected chi connectivity index (χ0v) is 15.1. The minimum absolute atomic E-state index is 0.0488. The lowest BCUT2D eigenvalue weighted by atomic mass is 10.1. The van der Waals surface area contributed by atoms with E-state index in [2.05, 4.69) is 6.58 Å². The second kappa shape index (κ2) is 10.7. The lowest BCUT2D eigenvalue weighted by Crippen LogP contribution is -2.07. The normalized spacial score (nSPS) is 11.0. The summed E-state index contributed by atoms with van der Waals surface area (Å²) in [6.07, 6.45) is 8.40. The number of fused-ring (bicyclic) bond motifs is 1. The van der Waals surface area contributed by atoms with Crippen LogP contribution in [-0.4, -0.2) is 13.3 Å². The van der Waals surface area contributed by atoms with Crippen molar-refractivity contribution in [1.29, 1.82) is 0 Å². The molecule has 0 atom stereocenters. The molecule has 2 aromatic rings. The molecule has 1 aromatic heterocycles. The van der Waals surface area contributed by atoms with Crippen LogP contribution in [0.1, 0.15) is 50.7 Å². The largest absolute Gasteiger partial charge is 0.490 e. The van der Waals surface area contributed by atoms with Crippen LogP contribution in [0, 0.1) is 5.82 Å². The van der Waals surface area contributed by atoms with Gasteiger partial charge in [-0.25, -0.2) is 9.18 Å². The van der Waals surface area contributed by atoms with E-state index in [0.717, 1.165) is 32.1 Å². The molecule has 0 bridgehead atoms. The lowest BCUT2D eigenvalue weighted by molar-refractivity contribution is 0.309. The van der Waals surface area contributed by atoms with Gasteiger partial charge in [0.1, 0.15) is 11.1 Å². The first-order valence-electron chi connectivity index (χ1n) is 9.22. The van der Waals surface area contributed by atoms with E-state index in [1.165, 1.54) is 6.07 Å². The van der Waals surface area contributed by atoms with Gasteiger partial charge in [0.25, 0.3) is 0 Å². The van der Waals surface area contributed by atoms with Gasteiger partial charge < -0.3 is 9.15 Å². The average Bonchev–Trinajstić information content (AvgIpc) is 2.63. The van der Waals surface area contributed by atoms with Crippen molar-refractivity contribution < 1.29 is 17.9 Å². The minimum Gasteiger partial charge on any atom is -0.490 e. The van der Waals surface area contributed by atoms with Gasteiger partial charge in [0.15, 0.2) is 11.6 Å². The van der Waals surface area contributed by atoms with Crippen molar-refractivity contribution >= 4 is 10.8 Å². The number of hydrogen-bond donors (Lipinski definition) is 0. The molecular formula is C21H26F2O3. The maximum absolute atomic E-state index is 14.5. The fourth-order valence-electron chi connectivity index (χ4n) is 2.86. The lowest BCUT2D eigenvalue weighted by Gasteiger charge is -2.08. The molecule has 0 spiro atoms. The number of benzene rings is 1. The van der Waals surface area contributed by atoms with Crippen LogP contribution in [0.25, 0.3) is 10.8 Å². The van der Waals surface area contributed by atoms with Crippen LogP contribution in [0.2, 0.25) is 0 Å². The summed E-state index contributed by atoms with van der Waals surface area (Å²) >= 11 is 0. The van der Waals surface area contributed by atoms with E-state index < -0.39 is 11.4 Å². The van der Waals surface area contributed by atoms with Gasteiger partial charge >= 0.3 is 5.63 Å². The van der Waals surface area contributed by atoms with E-state index in [-0.39, 0.29) is 17.8 Å². The molecule has 5 heteroatoms. The number of unbranched alkanes of at least 4 members (excludes halogenated alkanes) is 5. The van der Waals surface area contributed by atoms with Crippen molar-refractivity contribution in [3.8, 4) is 5.75 Å². The third kappa shape index (κ3) is 5.68. The van der Waals surface area contributed by atoms with Crippen LogP contribution in [-0.2, 0) is 6.42 Å². The quantitative estimate of drug-likeness (QED) is 0.356. The molecule has 0 aliphatic rings. The van der Waals surface area contributed by atoms with Gasteiger partial charge in [0, 0.05) is 6.42 Å². The van der Waals surface area contributed by atoms with Gasteiger partial charge in [0.05, 0.1) is 13.3 Å². The Morgan fingerprint density at radius 1 is 1.12 bits per heavy atom. The summed E-state index contributed by atoms with van der Waals surface area (Å²) < 4.78 is 37.1. The summed E-state index contributed by atoms with van der Waals surface area (Å²) in [6, 6.07) is 4.93. The van der Waals surface area contributed by atoms with E-state index in [4.69, 9.17) is 9.15 Å². The van der Waals surface area contributed by atoms with E-state index in [9.17, 15) is 13.6 Å². The maximum Gasteiger partial charge on any atom is 0.346 e. The Kier molecular flexibility index (Phi) is 8.32. The van der Waals surface area contributed by atoms with Crippen LogP contribution < -0.4 is 10.4 Å². The molecule has 3 nitrogen and oxygen atoms in total. The Labute approximate surface area is 152 Å². The molecule has 0 unspecified atom stereocenters. The summed E-state index contributed by atoms with van der Waals surface area (Å²) in [5, 5.41) is 0.448. The molecule has 0 aliphatic heterocycles. The fourth-order valence-corrected chi connectivity index (χ4v) is 2.86. The van der Waals surface area contributed by atoms with Crippen molar-refractivity contribution in [3.05, 3.63) is 52.9 Å². The Bertz CT molecular complexity index is 768. The minimum atomic E-state index is -0.681. The molecule has 2 rings (SSSR count). The summed E-state index contributed by atoms with van der Waals surface area (Å²) in [5.41, 5.74) is -0.674. The molecule has 0 amide bonds. The molecule has 0 radical (unpaired) electrons. The highest BCUT2D eigenvalue weighted by Crippen LogP contribution is 2.25. The fraction of sp³-hybridized carbons (Fsp3) is 0.476. The van der Waals surface area contributed by atoms with E-state index >= 15 is 0 Å². The zero-order valence-electron chi connectivity index (χ0n) is 15.1. The van der Waals surface area contributed by atoms with Gasteiger partial charge in [-0.1, -0.05) is 37.8 Å². The molecule has 142 valence electrons. The second-order valence-electron chi connectivity index (χ2n) is 6.33. The molecule has 0 saturated carbocycles. The molecule has 0 fully saturated rings. The van der Waals surface area contributed by atoms with Gasteiger partial charge in [0.2, 0.25) is 0 Å². The van der Waals surface area contributed by atoms with Gasteiger partial charge in [-0.05, 0) is 36.8 Å². The highest BCUT2D eigenvalue weighted by molar-refractivity contribution is 5.83. The van der Waals surface area contributed by atoms with Crippen molar-refractivity contribution in [2.45, 2.75) is 51.4 Å². The number of ether oxygens (including phenoxy) is 1. The smallest absolute Gasteiger partial charge is 0.346 e. The Balaban J connectivity index is 2.00. The molecular weight excluding hydrogens is 338 g/mol. The van der Waals surface area contributed by atoms with Crippen molar-refractivity contribution in [1.82, 2.24) is 0 Å². The molecule has 1 aromatic carbocycles. The number of aryl methyl sites for hydroxylation is 1. The van der Waals surface area contributed by atoms with Gasteiger partial charge in [-0.3, -0.25) is 4.39 Å². The van der Waals surface area contributed by atoms with E-state index in [0.29, 0.717) is 37.0 Å². The molecule has 26 heavy (non-hydrogen) atoms.